The molecule has 0 aliphatic rings. The number of nitrogens with zero attached hydrogens (tertiary/aromatic N) is 1. The summed E-state index contributed by atoms with van der Waals surface area (Å²) >= 11 is 0. The topological polar surface area (TPSA) is 87.7 Å². The van der Waals surface area contributed by atoms with Gasteiger partial charge in [0, 0.05) is 13.1 Å². The van der Waals surface area contributed by atoms with Crippen LogP contribution in [0.4, 0.5) is 4.79 Å². The molecule has 3 amide bonds. The van der Waals surface area contributed by atoms with Gasteiger partial charge in [-0.25, -0.2) is 4.79 Å². The zero-order valence-corrected chi connectivity index (χ0v) is 25.9. The minimum absolute atomic E-state index is 0.183. The number of carbonyl (C=O) groups is 3. The Bertz CT molecular complexity index is 861. The van der Waals surface area contributed by atoms with E-state index >= 15 is 0 Å². The second kappa shape index (κ2) is 17.9. The molecule has 2 N–H and O–H groups in total. The molecular formula is C32H55N3O4. The Hall–Kier alpha value is -2.57. The quantitative estimate of drug-likeness (QED) is 0.207. The van der Waals surface area contributed by atoms with Gasteiger partial charge in [0.05, 0.1) is 0 Å². The minimum atomic E-state index is -0.819. The fourth-order valence-electron chi connectivity index (χ4n) is 4.47. The van der Waals surface area contributed by atoms with Crippen molar-refractivity contribution in [3.8, 4) is 0 Å². The summed E-state index contributed by atoms with van der Waals surface area (Å²) in [5, 5.41) is 5.89. The van der Waals surface area contributed by atoms with Gasteiger partial charge in [-0.15, -0.1) is 0 Å². The van der Waals surface area contributed by atoms with E-state index in [9.17, 15) is 14.4 Å². The van der Waals surface area contributed by atoms with E-state index in [0.29, 0.717) is 13.1 Å². The number of nitrogens with one attached hydrogen (secondary N) is 2. The molecule has 0 bridgehead atoms. The molecule has 0 fully saturated rings. The van der Waals surface area contributed by atoms with Gasteiger partial charge in [0.25, 0.3) is 0 Å². The number of benzene rings is 1. The molecule has 7 nitrogen and oxygen atoms in total. The van der Waals surface area contributed by atoms with E-state index in [1.165, 1.54) is 5.56 Å². The van der Waals surface area contributed by atoms with Crippen LogP contribution in [0, 0.1) is 5.92 Å². The molecule has 222 valence electrons. The van der Waals surface area contributed by atoms with Crippen LogP contribution in [0.3, 0.4) is 0 Å². The lowest BCUT2D eigenvalue weighted by Crippen LogP contribution is -2.55. The third-order valence-electron chi connectivity index (χ3n) is 6.73. The SMILES string of the molecule is CCCCCCCN(C(=O)C(NC(=O)OC(C)(C)C)C(C)C)C(C(=O)NCCCCC)c1ccc(CC)cc1. The van der Waals surface area contributed by atoms with E-state index in [4.69, 9.17) is 4.74 Å². The highest BCUT2D eigenvalue weighted by Crippen LogP contribution is 2.25. The molecule has 0 aliphatic heterocycles. The summed E-state index contributed by atoms with van der Waals surface area (Å²) in [6.45, 7) is 16.6. The van der Waals surface area contributed by atoms with Crippen LogP contribution in [-0.4, -0.2) is 47.5 Å². The predicted molar refractivity (Wildman–Crippen MR) is 160 cm³/mol. The van der Waals surface area contributed by atoms with E-state index < -0.39 is 23.8 Å². The number of alkyl carbamates (subject to hydrolysis) is 1. The number of unbranched alkanes of at least 4 members (excludes halogenated alkanes) is 6. The number of carbonyl (C=O) groups excluding carboxylic acids is 3. The number of rotatable bonds is 17. The van der Waals surface area contributed by atoms with E-state index in [0.717, 1.165) is 63.4 Å². The minimum Gasteiger partial charge on any atom is -0.444 e. The van der Waals surface area contributed by atoms with Crippen LogP contribution in [0.15, 0.2) is 24.3 Å². The standard InChI is InChI=1S/C32H55N3O4/c1-9-12-14-15-17-23-35(30(37)27(24(4)5)34-31(38)39-32(6,7)8)28(29(36)33-22-16-13-10-2)26-20-18-25(11-3)19-21-26/h18-21,24,27-28H,9-17,22-23H2,1-8H3,(H,33,36)(H,34,38). The van der Waals surface area contributed by atoms with Crippen molar-refractivity contribution in [2.75, 3.05) is 13.1 Å². The van der Waals surface area contributed by atoms with Gasteiger partial charge in [0.15, 0.2) is 0 Å². The Morgan fingerprint density at radius 3 is 2.00 bits per heavy atom. The Labute approximate surface area is 237 Å². The second-order valence-corrected chi connectivity index (χ2v) is 11.8. The van der Waals surface area contributed by atoms with Crippen LogP contribution >= 0.6 is 0 Å². The van der Waals surface area contributed by atoms with E-state index in [1.54, 1.807) is 25.7 Å². The lowest BCUT2D eigenvalue weighted by Gasteiger charge is -2.35. The van der Waals surface area contributed by atoms with Crippen LogP contribution in [-0.2, 0) is 20.7 Å². The van der Waals surface area contributed by atoms with Crippen LogP contribution in [0.2, 0.25) is 0 Å². The third-order valence-corrected chi connectivity index (χ3v) is 6.73. The predicted octanol–water partition coefficient (Wildman–Crippen LogP) is 6.94. The maximum absolute atomic E-state index is 14.2. The van der Waals surface area contributed by atoms with Gasteiger partial charge >= 0.3 is 6.09 Å². The largest absolute Gasteiger partial charge is 0.444 e. The molecule has 1 aromatic carbocycles. The average molecular weight is 546 g/mol. The normalized spacial score (nSPS) is 13.1. The van der Waals surface area contributed by atoms with Gasteiger partial charge in [-0.05, 0) is 57.1 Å². The summed E-state index contributed by atoms with van der Waals surface area (Å²) < 4.78 is 5.47. The van der Waals surface area contributed by atoms with Crippen LogP contribution in [0.25, 0.3) is 0 Å². The molecule has 0 saturated carbocycles. The van der Waals surface area contributed by atoms with E-state index in [2.05, 4.69) is 31.4 Å². The van der Waals surface area contributed by atoms with Crippen molar-refractivity contribution in [2.45, 2.75) is 131 Å². The van der Waals surface area contributed by atoms with Crippen molar-refractivity contribution in [3.05, 3.63) is 35.4 Å². The summed E-state index contributed by atoms with van der Waals surface area (Å²) in [5.41, 5.74) is 1.27. The smallest absolute Gasteiger partial charge is 0.408 e. The average Bonchev–Trinajstić information content (AvgIpc) is 2.87. The molecule has 0 radical (unpaired) electrons. The lowest BCUT2D eigenvalue weighted by molar-refractivity contribution is -0.143. The highest BCUT2D eigenvalue weighted by molar-refractivity contribution is 5.92. The van der Waals surface area contributed by atoms with Gasteiger partial charge in [0.1, 0.15) is 17.7 Å². The van der Waals surface area contributed by atoms with Crippen LogP contribution < -0.4 is 10.6 Å². The highest BCUT2D eigenvalue weighted by Gasteiger charge is 2.37. The summed E-state index contributed by atoms with van der Waals surface area (Å²) in [7, 11) is 0. The summed E-state index contributed by atoms with van der Waals surface area (Å²) in [6.07, 6.45) is 8.36. The number of aryl methyl sites for hydroxylation is 1. The fourth-order valence-corrected chi connectivity index (χ4v) is 4.47. The molecule has 0 aromatic heterocycles. The number of ether oxygens (including phenoxy) is 1. The highest BCUT2D eigenvalue weighted by atomic mass is 16.6. The van der Waals surface area contributed by atoms with E-state index in [-0.39, 0.29) is 17.7 Å². The molecule has 0 spiro atoms. The maximum Gasteiger partial charge on any atom is 0.408 e. The van der Waals surface area contributed by atoms with Crippen molar-refractivity contribution in [3.63, 3.8) is 0 Å². The molecule has 2 atom stereocenters. The number of hydrogen-bond acceptors (Lipinski definition) is 4. The molecule has 0 aliphatic carbocycles. The number of hydrogen-bond donors (Lipinski definition) is 2. The van der Waals surface area contributed by atoms with Crippen molar-refractivity contribution >= 4 is 17.9 Å². The first-order valence-corrected chi connectivity index (χ1v) is 15.1. The first-order chi connectivity index (χ1) is 18.4. The summed E-state index contributed by atoms with van der Waals surface area (Å²) in [6, 6.07) is 6.36. The van der Waals surface area contributed by atoms with Gasteiger partial charge in [0.2, 0.25) is 11.8 Å². The lowest BCUT2D eigenvalue weighted by atomic mass is 9.97. The molecule has 0 heterocycles. The zero-order chi connectivity index (χ0) is 29.4. The second-order valence-electron chi connectivity index (χ2n) is 11.8. The molecule has 7 heteroatoms. The molecule has 1 rings (SSSR count). The van der Waals surface area contributed by atoms with Crippen LogP contribution in [0.1, 0.15) is 124 Å². The van der Waals surface area contributed by atoms with E-state index in [1.807, 2.05) is 38.1 Å². The zero-order valence-electron chi connectivity index (χ0n) is 25.9. The number of amides is 3. The summed E-state index contributed by atoms with van der Waals surface area (Å²) in [5.74, 6) is -0.639. The fraction of sp³-hybridized carbons (Fsp3) is 0.719. The van der Waals surface area contributed by atoms with Gasteiger partial charge < -0.3 is 20.3 Å². The first-order valence-electron chi connectivity index (χ1n) is 15.1. The molecule has 2 unspecified atom stereocenters. The molecule has 1 aromatic rings. The Morgan fingerprint density at radius 2 is 1.46 bits per heavy atom. The van der Waals surface area contributed by atoms with Gasteiger partial charge in [-0.3, -0.25) is 9.59 Å². The van der Waals surface area contributed by atoms with Crippen molar-refractivity contribution < 1.29 is 19.1 Å². The maximum atomic E-state index is 14.2. The van der Waals surface area contributed by atoms with Crippen molar-refractivity contribution in [1.82, 2.24) is 15.5 Å². The van der Waals surface area contributed by atoms with Gasteiger partial charge in [-0.2, -0.15) is 0 Å². The monoisotopic (exact) mass is 545 g/mol. The van der Waals surface area contributed by atoms with Crippen molar-refractivity contribution in [2.24, 2.45) is 5.92 Å². The molecular weight excluding hydrogens is 490 g/mol. The van der Waals surface area contributed by atoms with Gasteiger partial charge in [-0.1, -0.05) is 97.4 Å². The Balaban J connectivity index is 3.40. The van der Waals surface area contributed by atoms with Crippen LogP contribution in [0.5, 0.6) is 0 Å². The Morgan fingerprint density at radius 1 is 0.872 bits per heavy atom. The third kappa shape index (κ3) is 12.9. The Kier molecular flexibility index (Phi) is 15.8. The molecule has 0 saturated heterocycles. The molecule has 39 heavy (non-hydrogen) atoms. The van der Waals surface area contributed by atoms with Crippen molar-refractivity contribution in [1.29, 1.82) is 0 Å². The first kappa shape index (κ1) is 34.5. The summed E-state index contributed by atoms with van der Waals surface area (Å²) in [4.78, 5) is 42.3.